The van der Waals surface area contributed by atoms with Crippen LogP contribution in [0.3, 0.4) is 0 Å². The Morgan fingerprint density at radius 1 is 1.04 bits per heavy atom. The Morgan fingerprint density at radius 2 is 1.70 bits per heavy atom. The number of carbonyl (C=O) groups excluding carboxylic acids is 2. The van der Waals surface area contributed by atoms with Crippen LogP contribution in [0.1, 0.15) is 17.3 Å². The molecule has 1 fully saturated rings. The molecule has 0 spiro atoms. The maximum Gasteiger partial charge on any atom is 0.254 e. The lowest BCUT2D eigenvalue weighted by Crippen LogP contribution is -2.57. The minimum absolute atomic E-state index is 0.148. The van der Waals surface area contributed by atoms with Crippen molar-refractivity contribution in [1.82, 2.24) is 4.90 Å². The molecule has 23 heavy (non-hydrogen) atoms. The Labute approximate surface area is 134 Å². The third-order valence-electron chi connectivity index (χ3n) is 4.08. The number of hydrogen-bond acceptors (Lipinski definition) is 2. The Balaban J connectivity index is 1.79. The van der Waals surface area contributed by atoms with E-state index in [1.807, 2.05) is 6.07 Å². The first-order valence-electron chi connectivity index (χ1n) is 7.51. The van der Waals surface area contributed by atoms with Gasteiger partial charge in [-0.1, -0.05) is 18.2 Å². The highest BCUT2D eigenvalue weighted by molar-refractivity contribution is 6.03. The molecule has 0 aromatic heterocycles. The van der Waals surface area contributed by atoms with Gasteiger partial charge >= 0.3 is 0 Å². The van der Waals surface area contributed by atoms with Crippen LogP contribution in [0.25, 0.3) is 0 Å². The lowest BCUT2D eigenvalue weighted by molar-refractivity contribution is -0.124. The van der Waals surface area contributed by atoms with E-state index in [2.05, 4.69) is 0 Å². The van der Waals surface area contributed by atoms with Crippen LogP contribution in [-0.4, -0.2) is 35.8 Å². The van der Waals surface area contributed by atoms with Crippen molar-refractivity contribution in [3.8, 4) is 0 Å². The standard InChI is InChI=1S/C18H17FN2O2/c1-13-17(22)21(16-9-7-15(19)8-10-16)12-11-20(13)18(23)14-5-3-2-4-6-14/h2-10,13H,11-12H2,1H3. The summed E-state index contributed by atoms with van der Waals surface area (Å²) in [6.07, 6.45) is 0. The number of benzene rings is 2. The van der Waals surface area contributed by atoms with E-state index in [0.717, 1.165) is 0 Å². The molecule has 1 unspecified atom stereocenters. The van der Waals surface area contributed by atoms with Crippen molar-refractivity contribution in [1.29, 1.82) is 0 Å². The predicted molar refractivity (Wildman–Crippen MR) is 85.7 cm³/mol. The van der Waals surface area contributed by atoms with Gasteiger partial charge in [0.2, 0.25) is 5.91 Å². The molecule has 5 heteroatoms. The Hall–Kier alpha value is -2.69. The summed E-state index contributed by atoms with van der Waals surface area (Å²) in [7, 11) is 0. The van der Waals surface area contributed by atoms with Crippen molar-refractivity contribution in [2.24, 2.45) is 0 Å². The highest BCUT2D eigenvalue weighted by atomic mass is 19.1. The van der Waals surface area contributed by atoms with Crippen molar-refractivity contribution in [3.63, 3.8) is 0 Å². The third-order valence-corrected chi connectivity index (χ3v) is 4.08. The van der Waals surface area contributed by atoms with Gasteiger partial charge in [-0.05, 0) is 43.3 Å². The van der Waals surface area contributed by atoms with Crippen molar-refractivity contribution in [3.05, 3.63) is 66.0 Å². The summed E-state index contributed by atoms with van der Waals surface area (Å²) in [6.45, 7) is 2.56. The maximum atomic E-state index is 13.0. The van der Waals surface area contributed by atoms with E-state index < -0.39 is 6.04 Å². The second-order valence-electron chi connectivity index (χ2n) is 5.51. The van der Waals surface area contributed by atoms with Gasteiger partial charge in [0.05, 0.1) is 0 Å². The first kappa shape index (κ1) is 15.2. The number of rotatable bonds is 2. The molecule has 2 aromatic carbocycles. The molecule has 0 bridgehead atoms. The van der Waals surface area contributed by atoms with Crippen molar-refractivity contribution in [2.75, 3.05) is 18.0 Å². The minimum atomic E-state index is -0.554. The largest absolute Gasteiger partial charge is 0.325 e. The molecular formula is C18H17FN2O2. The number of amides is 2. The fourth-order valence-electron chi connectivity index (χ4n) is 2.77. The van der Waals surface area contributed by atoms with E-state index in [1.54, 1.807) is 53.1 Å². The van der Waals surface area contributed by atoms with Crippen molar-refractivity contribution in [2.45, 2.75) is 13.0 Å². The van der Waals surface area contributed by atoms with Crippen LogP contribution in [0.4, 0.5) is 10.1 Å². The second-order valence-corrected chi connectivity index (χ2v) is 5.51. The average Bonchev–Trinajstić information content (AvgIpc) is 2.58. The Morgan fingerprint density at radius 3 is 2.35 bits per heavy atom. The van der Waals surface area contributed by atoms with Gasteiger partial charge in [-0.25, -0.2) is 4.39 Å². The molecule has 1 aliphatic rings. The molecule has 2 amide bonds. The number of carbonyl (C=O) groups is 2. The summed E-state index contributed by atoms with van der Waals surface area (Å²) < 4.78 is 13.0. The van der Waals surface area contributed by atoms with Crippen LogP contribution in [0.15, 0.2) is 54.6 Å². The number of halogens is 1. The first-order valence-corrected chi connectivity index (χ1v) is 7.51. The fraction of sp³-hybridized carbons (Fsp3) is 0.222. The fourth-order valence-corrected chi connectivity index (χ4v) is 2.77. The van der Waals surface area contributed by atoms with E-state index >= 15 is 0 Å². The molecule has 1 saturated heterocycles. The summed E-state index contributed by atoms with van der Waals surface area (Å²) in [4.78, 5) is 28.3. The number of anilines is 1. The smallest absolute Gasteiger partial charge is 0.254 e. The van der Waals surface area contributed by atoms with Gasteiger partial charge < -0.3 is 9.80 Å². The molecule has 4 nitrogen and oxygen atoms in total. The van der Waals surface area contributed by atoms with Gasteiger partial charge in [-0.2, -0.15) is 0 Å². The highest BCUT2D eigenvalue weighted by Gasteiger charge is 2.35. The van der Waals surface area contributed by atoms with Gasteiger partial charge in [-0.15, -0.1) is 0 Å². The summed E-state index contributed by atoms with van der Waals surface area (Å²) in [6, 6.07) is 14.2. The molecule has 2 aromatic rings. The van der Waals surface area contributed by atoms with E-state index in [9.17, 15) is 14.0 Å². The summed E-state index contributed by atoms with van der Waals surface area (Å²) in [5.41, 5.74) is 1.22. The van der Waals surface area contributed by atoms with Crippen LogP contribution >= 0.6 is 0 Å². The third kappa shape index (κ3) is 2.95. The molecule has 0 radical (unpaired) electrons. The molecule has 0 N–H and O–H groups in total. The van der Waals surface area contributed by atoms with Gasteiger partial charge in [-0.3, -0.25) is 9.59 Å². The molecule has 1 aliphatic heterocycles. The summed E-state index contributed by atoms with van der Waals surface area (Å²) in [5, 5.41) is 0. The summed E-state index contributed by atoms with van der Waals surface area (Å²) >= 11 is 0. The van der Waals surface area contributed by atoms with E-state index in [-0.39, 0.29) is 17.6 Å². The monoisotopic (exact) mass is 312 g/mol. The predicted octanol–water partition coefficient (Wildman–Crippen LogP) is 2.70. The van der Waals surface area contributed by atoms with E-state index in [4.69, 9.17) is 0 Å². The van der Waals surface area contributed by atoms with E-state index in [0.29, 0.717) is 24.3 Å². The second kappa shape index (κ2) is 6.20. The zero-order valence-corrected chi connectivity index (χ0v) is 12.8. The van der Waals surface area contributed by atoms with Gasteiger partial charge in [0.1, 0.15) is 11.9 Å². The van der Waals surface area contributed by atoms with Crippen LogP contribution in [-0.2, 0) is 4.79 Å². The zero-order chi connectivity index (χ0) is 16.4. The van der Waals surface area contributed by atoms with Crippen molar-refractivity contribution >= 4 is 17.5 Å². The molecular weight excluding hydrogens is 295 g/mol. The van der Waals surface area contributed by atoms with Crippen LogP contribution < -0.4 is 4.90 Å². The SMILES string of the molecule is CC1C(=O)N(c2ccc(F)cc2)CCN1C(=O)c1ccccc1. The molecule has 3 rings (SSSR count). The van der Waals surface area contributed by atoms with Crippen LogP contribution in [0, 0.1) is 5.82 Å². The molecule has 118 valence electrons. The number of piperazine rings is 1. The first-order chi connectivity index (χ1) is 11.1. The van der Waals surface area contributed by atoms with Crippen LogP contribution in [0.2, 0.25) is 0 Å². The van der Waals surface area contributed by atoms with Gasteiger partial charge in [0.25, 0.3) is 5.91 Å². The Bertz CT molecular complexity index is 716. The normalized spacial score (nSPS) is 18.2. The van der Waals surface area contributed by atoms with Crippen LogP contribution in [0.5, 0.6) is 0 Å². The van der Waals surface area contributed by atoms with Gasteiger partial charge in [0.15, 0.2) is 0 Å². The molecule has 0 saturated carbocycles. The van der Waals surface area contributed by atoms with Crippen molar-refractivity contribution < 1.29 is 14.0 Å². The highest BCUT2D eigenvalue weighted by Crippen LogP contribution is 2.22. The molecule has 1 atom stereocenters. The topological polar surface area (TPSA) is 40.6 Å². The molecule has 1 heterocycles. The van der Waals surface area contributed by atoms with E-state index in [1.165, 1.54) is 12.1 Å². The van der Waals surface area contributed by atoms with Gasteiger partial charge in [0, 0.05) is 24.3 Å². The maximum absolute atomic E-state index is 13.0. The average molecular weight is 312 g/mol. The zero-order valence-electron chi connectivity index (χ0n) is 12.8. The molecule has 0 aliphatic carbocycles. The lowest BCUT2D eigenvalue weighted by Gasteiger charge is -2.39. The quantitative estimate of drug-likeness (QED) is 0.855. The Kier molecular flexibility index (Phi) is 4.10. The number of hydrogen-bond donors (Lipinski definition) is 0. The number of nitrogens with zero attached hydrogens (tertiary/aromatic N) is 2. The minimum Gasteiger partial charge on any atom is -0.325 e. The summed E-state index contributed by atoms with van der Waals surface area (Å²) in [5.74, 6) is -0.649. The lowest BCUT2D eigenvalue weighted by atomic mass is 10.1.